The standard InChI is InChI=1S/C22H27NO4/c1-14(2)13-26-22(25)17(5)27-19-11-9-18(10-12-19)21(24)23-20-8-6-7-15(3)16(20)4/h6-12,14,17H,13H2,1-5H3,(H,23,24)/t17-/m1/s1. The summed E-state index contributed by atoms with van der Waals surface area (Å²) >= 11 is 0. The van der Waals surface area contributed by atoms with Gasteiger partial charge in [0, 0.05) is 11.3 Å². The normalized spacial score (nSPS) is 11.8. The van der Waals surface area contributed by atoms with Crippen LogP contribution in [0.15, 0.2) is 42.5 Å². The van der Waals surface area contributed by atoms with Gasteiger partial charge in [0.2, 0.25) is 0 Å². The minimum Gasteiger partial charge on any atom is -0.479 e. The molecule has 0 saturated carbocycles. The maximum atomic E-state index is 12.4. The van der Waals surface area contributed by atoms with E-state index in [2.05, 4.69) is 5.32 Å². The lowest BCUT2D eigenvalue weighted by atomic mass is 10.1. The number of carbonyl (C=O) groups is 2. The fourth-order valence-corrected chi connectivity index (χ4v) is 2.38. The summed E-state index contributed by atoms with van der Waals surface area (Å²) in [6.07, 6.45) is -0.710. The van der Waals surface area contributed by atoms with Crippen LogP contribution >= 0.6 is 0 Å². The van der Waals surface area contributed by atoms with Gasteiger partial charge in [-0.1, -0.05) is 26.0 Å². The number of hydrogen-bond acceptors (Lipinski definition) is 4. The lowest BCUT2D eigenvalue weighted by Crippen LogP contribution is -2.27. The number of hydrogen-bond donors (Lipinski definition) is 1. The number of esters is 1. The van der Waals surface area contributed by atoms with E-state index in [1.807, 2.05) is 45.9 Å². The second-order valence-electron chi connectivity index (χ2n) is 7.01. The van der Waals surface area contributed by atoms with Crippen molar-refractivity contribution < 1.29 is 19.1 Å². The third kappa shape index (κ3) is 5.84. The van der Waals surface area contributed by atoms with Crippen LogP contribution in [-0.4, -0.2) is 24.6 Å². The fourth-order valence-electron chi connectivity index (χ4n) is 2.38. The first kappa shape index (κ1) is 20.5. The molecule has 0 aromatic heterocycles. The van der Waals surface area contributed by atoms with Crippen LogP contribution < -0.4 is 10.1 Å². The van der Waals surface area contributed by atoms with E-state index in [4.69, 9.17) is 9.47 Å². The van der Waals surface area contributed by atoms with Gasteiger partial charge in [0.25, 0.3) is 5.91 Å². The van der Waals surface area contributed by atoms with Crippen molar-refractivity contribution in [2.45, 2.75) is 40.7 Å². The minimum absolute atomic E-state index is 0.195. The number of benzene rings is 2. The van der Waals surface area contributed by atoms with Crippen LogP contribution in [0, 0.1) is 19.8 Å². The van der Waals surface area contributed by atoms with E-state index in [0.717, 1.165) is 16.8 Å². The molecular weight excluding hydrogens is 342 g/mol. The van der Waals surface area contributed by atoms with Crippen molar-refractivity contribution in [3.63, 3.8) is 0 Å². The van der Waals surface area contributed by atoms with Crippen molar-refractivity contribution in [1.29, 1.82) is 0 Å². The predicted molar refractivity (Wildman–Crippen MR) is 106 cm³/mol. The summed E-state index contributed by atoms with van der Waals surface area (Å²) in [6.45, 7) is 9.93. The first-order valence-corrected chi connectivity index (χ1v) is 9.09. The van der Waals surface area contributed by atoms with E-state index >= 15 is 0 Å². The highest BCUT2D eigenvalue weighted by molar-refractivity contribution is 6.04. The van der Waals surface area contributed by atoms with Crippen LogP contribution in [0.2, 0.25) is 0 Å². The molecule has 1 atom stereocenters. The molecule has 0 fully saturated rings. The molecule has 0 unspecified atom stereocenters. The van der Waals surface area contributed by atoms with Crippen molar-refractivity contribution in [2.24, 2.45) is 5.92 Å². The van der Waals surface area contributed by atoms with E-state index in [1.54, 1.807) is 31.2 Å². The Balaban J connectivity index is 1.97. The fraction of sp³-hybridized carbons (Fsp3) is 0.364. The second kappa shape index (κ2) is 9.21. The minimum atomic E-state index is -0.710. The third-order valence-electron chi connectivity index (χ3n) is 4.17. The smallest absolute Gasteiger partial charge is 0.347 e. The van der Waals surface area contributed by atoms with Gasteiger partial charge >= 0.3 is 5.97 Å². The van der Waals surface area contributed by atoms with Gasteiger partial charge < -0.3 is 14.8 Å². The number of nitrogens with one attached hydrogen (secondary N) is 1. The zero-order chi connectivity index (χ0) is 20.0. The summed E-state index contributed by atoms with van der Waals surface area (Å²) in [5.41, 5.74) is 3.47. The molecule has 0 bridgehead atoms. The van der Waals surface area contributed by atoms with Crippen LogP contribution in [0.5, 0.6) is 5.75 Å². The molecule has 2 aromatic rings. The quantitative estimate of drug-likeness (QED) is 0.729. The Kier molecular flexibility index (Phi) is 6.99. The summed E-state index contributed by atoms with van der Waals surface area (Å²) in [5.74, 6) is 0.184. The molecule has 2 rings (SSSR count). The number of anilines is 1. The van der Waals surface area contributed by atoms with Crippen LogP contribution in [0.25, 0.3) is 0 Å². The SMILES string of the molecule is Cc1cccc(NC(=O)c2ccc(O[C@H](C)C(=O)OCC(C)C)cc2)c1C. The van der Waals surface area contributed by atoms with Gasteiger partial charge in [0.05, 0.1) is 6.61 Å². The van der Waals surface area contributed by atoms with Gasteiger partial charge in [-0.25, -0.2) is 4.79 Å². The van der Waals surface area contributed by atoms with E-state index < -0.39 is 12.1 Å². The maximum Gasteiger partial charge on any atom is 0.347 e. The number of aryl methyl sites for hydroxylation is 1. The molecule has 0 heterocycles. The van der Waals surface area contributed by atoms with Crippen molar-refractivity contribution in [3.8, 4) is 5.75 Å². The summed E-state index contributed by atoms with van der Waals surface area (Å²) in [4.78, 5) is 24.3. The predicted octanol–water partition coefficient (Wildman–Crippen LogP) is 4.52. The Morgan fingerprint density at radius 3 is 2.30 bits per heavy atom. The Hall–Kier alpha value is -2.82. The van der Waals surface area contributed by atoms with Gasteiger partial charge in [-0.3, -0.25) is 4.79 Å². The van der Waals surface area contributed by atoms with E-state index in [0.29, 0.717) is 17.9 Å². The largest absolute Gasteiger partial charge is 0.479 e. The lowest BCUT2D eigenvalue weighted by molar-refractivity contribution is -0.152. The molecule has 1 N–H and O–H groups in total. The molecule has 0 aliphatic heterocycles. The van der Waals surface area contributed by atoms with Crippen LogP contribution in [0.3, 0.4) is 0 Å². The summed E-state index contributed by atoms with van der Waals surface area (Å²) in [5, 5.41) is 2.92. The Morgan fingerprint density at radius 1 is 1.00 bits per heavy atom. The summed E-state index contributed by atoms with van der Waals surface area (Å²) < 4.78 is 10.7. The molecule has 5 heteroatoms. The van der Waals surface area contributed by atoms with Crippen molar-refractivity contribution in [2.75, 3.05) is 11.9 Å². The zero-order valence-corrected chi connectivity index (χ0v) is 16.5. The van der Waals surface area contributed by atoms with E-state index in [9.17, 15) is 9.59 Å². The average Bonchev–Trinajstić information content (AvgIpc) is 2.63. The van der Waals surface area contributed by atoms with Gasteiger partial charge in [0.15, 0.2) is 6.10 Å². The monoisotopic (exact) mass is 369 g/mol. The lowest BCUT2D eigenvalue weighted by Gasteiger charge is -2.15. The molecule has 0 saturated heterocycles. The van der Waals surface area contributed by atoms with Gasteiger partial charge in [0.1, 0.15) is 5.75 Å². The number of rotatable bonds is 7. The molecule has 144 valence electrons. The highest BCUT2D eigenvalue weighted by Crippen LogP contribution is 2.20. The average molecular weight is 369 g/mol. The van der Waals surface area contributed by atoms with Gasteiger partial charge in [-0.2, -0.15) is 0 Å². The van der Waals surface area contributed by atoms with Crippen molar-refractivity contribution >= 4 is 17.6 Å². The van der Waals surface area contributed by atoms with E-state index in [1.165, 1.54) is 0 Å². The number of ether oxygens (including phenoxy) is 2. The van der Waals surface area contributed by atoms with E-state index in [-0.39, 0.29) is 11.8 Å². The summed E-state index contributed by atoms with van der Waals surface area (Å²) in [7, 11) is 0. The number of amides is 1. The molecule has 0 spiro atoms. The summed E-state index contributed by atoms with van der Waals surface area (Å²) in [6, 6.07) is 12.5. The van der Waals surface area contributed by atoms with Crippen molar-refractivity contribution in [1.82, 2.24) is 0 Å². The Morgan fingerprint density at radius 2 is 1.67 bits per heavy atom. The number of carbonyl (C=O) groups excluding carboxylic acids is 2. The second-order valence-corrected chi connectivity index (χ2v) is 7.01. The molecule has 0 radical (unpaired) electrons. The molecular formula is C22H27NO4. The first-order chi connectivity index (χ1) is 12.8. The van der Waals surface area contributed by atoms with Crippen molar-refractivity contribution in [3.05, 3.63) is 59.2 Å². The molecule has 0 aliphatic carbocycles. The van der Waals surface area contributed by atoms with Crippen LogP contribution in [0.1, 0.15) is 42.3 Å². The first-order valence-electron chi connectivity index (χ1n) is 9.09. The zero-order valence-electron chi connectivity index (χ0n) is 16.5. The Labute approximate surface area is 160 Å². The highest BCUT2D eigenvalue weighted by Gasteiger charge is 2.17. The molecule has 0 aliphatic rings. The maximum absolute atomic E-state index is 12.4. The molecule has 27 heavy (non-hydrogen) atoms. The molecule has 5 nitrogen and oxygen atoms in total. The molecule has 2 aromatic carbocycles. The van der Waals surface area contributed by atoms with Gasteiger partial charge in [-0.15, -0.1) is 0 Å². The highest BCUT2D eigenvalue weighted by atomic mass is 16.6. The molecule has 1 amide bonds. The van der Waals surface area contributed by atoms with Crippen LogP contribution in [-0.2, 0) is 9.53 Å². The van der Waals surface area contributed by atoms with Gasteiger partial charge in [-0.05, 0) is 68.1 Å². The topological polar surface area (TPSA) is 64.6 Å². The van der Waals surface area contributed by atoms with Crippen LogP contribution in [0.4, 0.5) is 5.69 Å². The Bertz CT molecular complexity index is 796. The third-order valence-corrected chi connectivity index (χ3v) is 4.17.